The summed E-state index contributed by atoms with van der Waals surface area (Å²) in [6.45, 7) is 14.0. The van der Waals surface area contributed by atoms with Crippen molar-refractivity contribution in [1.82, 2.24) is 25.1 Å². The number of aromatic hydroxyl groups is 1. The fourth-order valence-corrected chi connectivity index (χ4v) is 5.75. The summed E-state index contributed by atoms with van der Waals surface area (Å²) in [6.07, 6.45) is 0.416. The van der Waals surface area contributed by atoms with Gasteiger partial charge in [-0.3, -0.25) is 9.88 Å². The van der Waals surface area contributed by atoms with Crippen molar-refractivity contribution in [2.24, 2.45) is 0 Å². The number of ether oxygens (including phenoxy) is 1. The number of hydrogen-bond donors (Lipinski definition) is 2. The molecule has 1 saturated heterocycles. The number of rotatable bonds is 4. The Bertz CT molecular complexity index is 1590. The highest BCUT2D eigenvalue weighted by molar-refractivity contribution is 6.03. The number of carbonyl (C=O) groups is 2. The number of piperazine rings is 1. The first-order valence-corrected chi connectivity index (χ1v) is 14.7. The average molecular weight is 609 g/mol. The van der Waals surface area contributed by atoms with Gasteiger partial charge in [-0.1, -0.05) is 19.9 Å². The predicted molar refractivity (Wildman–Crippen MR) is 162 cm³/mol. The van der Waals surface area contributed by atoms with Crippen molar-refractivity contribution >= 4 is 23.6 Å². The first-order valence-electron chi connectivity index (χ1n) is 14.7. The van der Waals surface area contributed by atoms with Crippen LogP contribution in [0.1, 0.15) is 70.4 Å². The van der Waals surface area contributed by atoms with Crippen molar-refractivity contribution in [1.29, 1.82) is 0 Å². The van der Waals surface area contributed by atoms with E-state index >= 15 is 4.39 Å². The summed E-state index contributed by atoms with van der Waals surface area (Å²) in [5.41, 5.74) is 0.732. The highest BCUT2D eigenvalue weighted by atomic mass is 19.1. The first kappa shape index (κ1) is 31.1. The van der Waals surface area contributed by atoms with Gasteiger partial charge in [0.2, 0.25) is 0 Å². The highest BCUT2D eigenvalue weighted by Gasteiger charge is 2.42. The molecule has 0 bridgehead atoms. The molecule has 0 radical (unpaired) electrons. The van der Waals surface area contributed by atoms with Crippen LogP contribution in [0.3, 0.4) is 0 Å². The number of fused-ring (bicyclic) bond motifs is 1. The molecular weight excluding hydrogens is 570 g/mol. The van der Waals surface area contributed by atoms with E-state index in [0.717, 1.165) is 11.6 Å². The number of urea groups is 1. The molecule has 3 amide bonds. The van der Waals surface area contributed by atoms with Crippen LogP contribution in [-0.2, 0) is 4.74 Å². The van der Waals surface area contributed by atoms with Crippen molar-refractivity contribution in [2.45, 2.75) is 72.2 Å². The Labute approximate surface area is 255 Å². The standard InChI is InChI=1S/C32H38F2N6O4/c1-17(2)25-27(18(3)11-12-35-25)40-29-20(15-22(34)26(36-29)24-21(33)9-8-10-23(24)41)28(37-30(40)42)39-14-13-38(16-19(39)4)31(43)44-32(5,6)7/h8-12,15,17,19,28,41H,13-14,16H2,1-7H3,(H,37,42)/t19-,28?/m0/s1. The average Bonchev–Trinajstić information content (AvgIpc) is 2.92. The molecule has 2 N–H and O–H groups in total. The molecule has 2 atom stereocenters. The third kappa shape index (κ3) is 5.78. The van der Waals surface area contributed by atoms with Gasteiger partial charge in [0.05, 0.1) is 16.9 Å². The summed E-state index contributed by atoms with van der Waals surface area (Å²) in [5.74, 6) is -2.18. The molecular formula is C32H38F2N6O4. The van der Waals surface area contributed by atoms with Gasteiger partial charge in [0.25, 0.3) is 0 Å². The van der Waals surface area contributed by atoms with Gasteiger partial charge in [0, 0.05) is 37.4 Å². The number of hydrogen-bond acceptors (Lipinski definition) is 7. The third-order valence-corrected chi connectivity index (χ3v) is 7.77. The van der Waals surface area contributed by atoms with Crippen LogP contribution in [0, 0.1) is 18.6 Å². The number of phenols is 1. The lowest BCUT2D eigenvalue weighted by molar-refractivity contribution is -0.00491. The van der Waals surface area contributed by atoms with Crippen LogP contribution in [0.25, 0.3) is 11.3 Å². The fourth-order valence-electron chi connectivity index (χ4n) is 5.75. The van der Waals surface area contributed by atoms with E-state index in [1.165, 1.54) is 23.1 Å². The number of aryl methyl sites for hydroxylation is 1. The van der Waals surface area contributed by atoms with Gasteiger partial charge in [-0.15, -0.1) is 0 Å². The zero-order valence-corrected chi connectivity index (χ0v) is 26.0. The molecule has 0 saturated carbocycles. The number of nitrogens with zero attached hydrogens (tertiary/aromatic N) is 5. The number of aromatic nitrogens is 2. The largest absolute Gasteiger partial charge is 0.507 e. The van der Waals surface area contributed by atoms with Crippen molar-refractivity contribution in [3.63, 3.8) is 0 Å². The smallest absolute Gasteiger partial charge is 0.410 e. The molecule has 1 fully saturated rings. The van der Waals surface area contributed by atoms with E-state index in [1.807, 2.05) is 32.6 Å². The Balaban J connectivity index is 1.63. The van der Waals surface area contributed by atoms with Crippen molar-refractivity contribution < 1.29 is 28.2 Å². The van der Waals surface area contributed by atoms with Gasteiger partial charge in [-0.25, -0.2) is 28.3 Å². The zero-order chi connectivity index (χ0) is 32.1. The van der Waals surface area contributed by atoms with Crippen LogP contribution in [0.4, 0.5) is 29.9 Å². The molecule has 1 aromatic carbocycles. The SMILES string of the molecule is Cc1ccnc(C(C)C)c1N1C(=O)NC(N2CCN(C(=O)OC(C)(C)C)C[C@@H]2C)c2cc(F)c(-c3c(O)cccc3F)nc21. The second kappa shape index (κ2) is 11.6. The van der Waals surface area contributed by atoms with E-state index in [-0.39, 0.29) is 17.8 Å². The third-order valence-electron chi connectivity index (χ3n) is 7.77. The van der Waals surface area contributed by atoms with Crippen LogP contribution < -0.4 is 10.2 Å². The molecule has 5 rings (SSSR count). The normalized spacial score (nSPS) is 19.2. The maximum absolute atomic E-state index is 15.9. The van der Waals surface area contributed by atoms with E-state index in [4.69, 9.17) is 4.74 Å². The van der Waals surface area contributed by atoms with Crippen molar-refractivity contribution in [3.8, 4) is 17.0 Å². The number of nitrogens with one attached hydrogen (secondary N) is 1. The molecule has 3 aromatic rings. The van der Waals surface area contributed by atoms with Gasteiger partial charge in [0.15, 0.2) is 0 Å². The van der Waals surface area contributed by atoms with E-state index < -0.39 is 52.5 Å². The predicted octanol–water partition coefficient (Wildman–Crippen LogP) is 6.36. The number of amides is 3. The Kier molecular flexibility index (Phi) is 8.23. The minimum Gasteiger partial charge on any atom is -0.507 e. The molecule has 10 nitrogen and oxygen atoms in total. The number of phenolic OH excluding ortho intramolecular Hbond substituents is 1. The monoisotopic (exact) mass is 608 g/mol. The summed E-state index contributed by atoms with van der Waals surface area (Å²) < 4.78 is 36.5. The van der Waals surface area contributed by atoms with E-state index in [1.54, 1.807) is 37.9 Å². The number of carbonyl (C=O) groups excluding carboxylic acids is 2. The molecule has 234 valence electrons. The van der Waals surface area contributed by atoms with Gasteiger partial charge < -0.3 is 20.1 Å². The van der Waals surface area contributed by atoms with Crippen molar-refractivity contribution in [2.75, 3.05) is 24.5 Å². The summed E-state index contributed by atoms with van der Waals surface area (Å²) >= 11 is 0. The van der Waals surface area contributed by atoms with Crippen LogP contribution in [0.2, 0.25) is 0 Å². The minimum atomic E-state index is -0.864. The van der Waals surface area contributed by atoms with Crippen LogP contribution in [0.5, 0.6) is 5.75 Å². The molecule has 4 heterocycles. The molecule has 2 aliphatic rings. The molecule has 12 heteroatoms. The Hall–Kier alpha value is -4.32. The number of halogens is 2. The quantitative estimate of drug-likeness (QED) is 0.355. The second-order valence-electron chi connectivity index (χ2n) is 12.6. The maximum Gasteiger partial charge on any atom is 0.410 e. The Morgan fingerprint density at radius 1 is 1.16 bits per heavy atom. The molecule has 2 aliphatic heterocycles. The fraction of sp³-hybridized carbons (Fsp3) is 0.438. The van der Waals surface area contributed by atoms with Gasteiger partial charge in [0.1, 0.15) is 40.7 Å². The molecule has 0 aliphatic carbocycles. The zero-order valence-electron chi connectivity index (χ0n) is 26.0. The van der Waals surface area contributed by atoms with Crippen LogP contribution in [0.15, 0.2) is 36.5 Å². The Morgan fingerprint density at radius 2 is 1.89 bits per heavy atom. The van der Waals surface area contributed by atoms with Crippen molar-refractivity contribution in [3.05, 3.63) is 65.0 Å². The molecule has 1 unspecified atom stereocenters. The van der Waals surface area contributed by atoms with Gasteiger partial charge in [-0.05, 0) is 70.4 Å². The maximum atomic E-state index is 15.9. The van der Waals surface area contributed by atoms with Crippen LogP contribution >= 0.6 is 0 Å². The lowest BCUT2D eigenvalue weighted by Crippen LogP contribution is -2.60. The molecule has 0 spiro atoms. The highest BCUT2D eigenvalue weighted by Crippen LogP contribution is 2.44. The lowest BCUT2D eigenvalue weighted by Gasteiger charge is -2.46. The van der Waals surface area contributed by atoms with Crippen LogP contribution in [-0.4, -0.2) is 68.3 Å². The first-order chi connectivity index (χ1) is 20.7. The summed E-state index contributed by atoms with van der Waals surface area (Å²) in [6, 6.07) is 5.89. The summed E-state index contributed by atoms with van der Waals surface area (Å²) in [7, 11) is 0. The number of anilines is 2. The summed E-state index contributed by atoms with van der Waals surface area (Å²) in [5, 5.41) is 13.5. The van der Waals surface area contributed by atoms with Gasteiger partial charge in [-0.2, -0.15) is 0 Å². The minimum absolute atomic E-state index is 0.0737. The number of benzene rings is 1. The lowest BCUT2D eigenvalue weighted by atomic mass is 10.00. The topological polar surface area (TPSA) is 111 Å². The van der Waals surface area contributed by atoms with E-state index in [2.05, 4.69) is 15.3 Å². The Morgan fingerprint density at radius 3 is 2.52 bits per heavy atom. The second-order valence-corrected chi connectivity index (χ2v) is 12.6. The molecule has 44 heavy (non-hydrogen) atoms. The number of pyridine rings is 2. The molecule has 2 aromatic heterocycles. The van der Waals surface area contributed by atoms with Gasteiger partial charge >= 0.3 is 12.1 Å². The van der Waals surface area contributed by atoms with E-state index in [9.17, 15) is 19.1 Å². The van der Waals surface area contributed by atoms with E-state index in [0.29, 0.717) is 36.6 Å². The summed E-state index contributed by atoms with van der Waals surface area (Å²) in [4.78, 5) is 40.9.